The zero-order valence-electron chi connectivity index (χ0n) is 11.5. The first-order valence-corrected chi connectivity index (χ1v) is 7.06. The number of hydrogen-bond acceptors (Lipinski definition) is 5. The molecular formula is C14H20N4O2. The third-order valence-electron chi connectivity index (χ3n) is 4.06. The molecular weight excluding hydrogens is 256 g/mol. The van der Waals surface area contributed by atoms with Crippen molar-refractivity contribution in [2.24, 2.45) is 11.5 Å². The summed E-state index contributed by atoms with van der Waals surface area (Å²) >= 11 is 0. The van der Waals surface area contributed by atoms with Crippen molar-refractivity contribution in [3.63, 3.8) is 0 Å². The van der Waals surface area contributed by atoms with Crippen LogP contribution in [0.25, 0.3) is 0 Å². The Labute approximate surface area is 118 Å². The lowest BCUT2D eigenvalue weighted by Crippen LogP contribution is -2.53. The smallest absolute Gasteiger partial charge is 0.242 e. The van der Waals surface area contributed by atoms with E-state index in [1.54, 1.807) is 0 Å². The van der Waals surface area contributed by atoms with Gasteiger partial charge in [-0.15, -0.1) is 0 Å². The molecule has 0 radical (unpaired) electrons. The molecule has 1 saturated heterocycles. The van der Waals surface area contributed by atoms with Crippen LogP contribution in [0.3, 0.4) is 0 Å². The second-order valence-electron chi connectivity index (χ2n) is 5.32. The summed E-state index contributed by atoms with van der Waals surface area (Å²) in [5, 5.41) is 0. The Morgan fingerprint density at radius 1 is 1.50 bits per heavy atom. The number of primary amides is 1. The standard InChI is InChI=1S/C14H20N4O2/c15-7-10-6-9-2-1-3-11(9)17-14(10)18-4-5-20-8-12(18)13(16)19/h6,12H,1-5,7-8,15H2,(H2,16,19). The quantitative estimate of drug-likeness (QED) is 0.792. The highest BCUT2D eigenvalue weighted by atomic mass is 16.5. The lowest BCUT2D eigenvalue weighted by atomic mass is 10.1. The number of hydrogen-bond donors (Lipinski definition) is 2. The van der Waals surface area contributed by atoms with Gasteiger partial charge in [0.15, 0.2) is 0 Å². The first kappa shape index (κ1) is 13.3. The van der Waals surface area contributed by atoms with E-state index in [2.05, 4.69) is 6.07 Å². The summed E-state index contributed by atoms with van der Waals surface area (Å²) in [7, 11) is 0. The van der Waals surface area contributed by atoms with Gasteiger partial charge in [0, 0.05) is 24.3 Å². The van der Waals surface area contributed by atoms with E-state index in [0.717, 1.165) is 36.3 Å². The molecule has 0 bridgehead atoms. The van der Waals surface area contributed by atoms with Crippen LogP contribution in [0.5, 0.6) is 0 Å². The van der Waals surface area contributed by atoms with Gasteiger partial charge in [0.2, 0.25) is 5.91 Å². The van der Waals surface area contributed by atoms with Crippen molar-refractivity contribution in [1.29, 1.82) is 0 Å². The predicted octanol–water partition coefficient (Wildman–Crippen LogP) is -0.280. The van der Waals surface area contributed by atoms with Crippen LogP contribution in [0, 0.1) is 0 Å². The first-order valence-electron chi connectivity index (χ1n) is 7.06. The number of aromatic nitrogens is 1. The molecule has 1 aromatic heterocycles. The van der Waals surface area contributed by atoms with Crippen molar-refractivity contribution in [2.45, 2.75) is 31.8 Å². The molecule has 6 nitrogen and oxygen atoms in total. The van der Waals surface area contributed by atoms with Gasteiger partial charge in [-0.3, -0.25) is 4.79 Å². The average molecular weight is 276 g/mol. The Balaban J connectivity index is 2.01. The Morgan fingerprint density at radius 3 is 3.10 bits per heavy atom. The van der Waals surface area contributed by atoms with E-state index in [9.17, 15) is 4.79 Å². The average Bonchev–Trinajstić information content (AvgIpc) is 2.93. The van der Waals surface area contributed by atoms with Crippen LogP contribution in [-0.2, 0) is 28.9 Å². The van der Waals surface area contributed by atoms with Gasteiger partial charge in [-0.1, -0.05) is 0 Å². The van der Waals surface area contributed by atoms with Gasteiger partial charge >= 0.3 is 0 Å². The normalized spacial score (nSPS) is 21.9. The van der Waals surface area contributed by atoms with Crippen LogP contribution >= 0.6 is 0 Å². The highest BCUT2D eigenvalue weighted by Crippen LogP contribution is 2.29. The highest BCUT2D eigenvalue weighted by molar-refractivity contribution is 5.84. The molecule has 1 fully saturated rings. The minimum atomic E-state index is -0.457. The summed E-state index contributed by atoms with van der Waals surface area (Å²) < 4.78 is 5.36. The molecule has 1 unspecified atom stereocenters. The molecule has 3 rings (SSSR count). The van der Waals surface area contributed by atoms with Crippen molar-refractivity contribution in [3.8, 4) is 0 Å². The number of morpholine rings is 1. The number of nitrogens with two attached hydrogens (primary N) is 2. The lowest BCUT2D eigenvalue weighted by Gasteiger charge is -2.35. The minimum absolute atomic E-state index is 0.318. The number of fused-ring (bicyclic) bond motifs is 1. The number of rotatable bonds is 3. The summed E-state index contributed by atoms with van der Waals surface area (Å²) in [4.78, 5) is 18.3. The molecule has 2 aliphatic rings. The zero-order valence-corrected chi connectivity index (χ0v) is 11.5. The Kier molecular flexibility index (Phi) is 3.58. The van der Waals surface area contributed by atoms with Gasteiger partial charge in [0.25, 0.3) is 0 Å². The molecule has 1 aliphatic carbocycles. The Hall–Kier alpha value is -1.66. The molecule has 4 N–H and O–H groups in total. The van der Waals surface area contributed by atoms with Gasteiger partial charge < -0.3 is 21.1 Å². The lowest BCUT2D eigenvalue weighted by molar-refractivity contribution is -0.121. The van der Waals surface area contributed by atoms with Crippen molar-refractivity contribution in [3.05, 3.63) is 22.9 Å². The summed E-state index contributed by atoms with van der Waals surface area (Å²) in [6.07, 6.45) is 3.20. The van der Waals surface area contributed by atoms with Crippen molar-refractivity contribution in [2.75, 3.05) is 24.7 Å². The number of nitrogens with zero attached hydrogens (tertiary/aromatic N) is 2. The molecule has 20 heavy (non-hydrogen) atoms. The molecule has 6 heteroatoms. The van der Waals surface area contributed by atoms with E-state index >= 15 is 0 Å². The zero-order chi connectivity index (χ0) is 14.1. The first-order chi connectivity index (χ1) is 9.70. The third-order valence-corrected chi connectivity index (χ3v) is 4.06. The van der Waals surface area contributed by atoms with Gasteiger partial charge in [0.05, 0.1) is 13.2 Å². The molecule has 0 spiro atoms. The largest absolute Gasteiger partial charge is 0.377 e. The predicted molar refractivity (Wildman–Crippen MR) is 75.3 cm³/mol. The minimum Gasteiger partial charge on any atom is -0.377 e. The van der Waals surface area contributed by atoms with Gasteiger partial charge in [-0.05, 0) is 30.9 Å². The maximum Gasteiger partial charge on any atom is 0.242 e. The van der Waals surface area contributed by atoms with Crippen molar-refractivity contribution in [1.82, 2.24) is 4.98 Å². The van der Waals surface area contributed by atoms with Crippen LogP contribution in [-0.4, -0.2) is 36.7 Å². The number of ether oxygens (including phenoxy) is 1. The van der Waals surface area contributed by atoms with Crippen LogP contribution in [0.2, 0.25) is 0 Å². The number of amides is 1. The maximum absolute atomic E-state index is 11.6. The topological polar surface area (TPSA) is 94.5 Å². The molecule has 1 amide bonds. The fourth-order valence-corrected chi connectivity index (χ4v) is 3.00. The van der Waals surface area contributed by atoms with Crippen LogP contribution in [0.4, 0.5) is 5.82 Å². The second-order valence-corrected chi connectivity index (χ2v) is 5.32. The highest BCUT2D eigenvalue weighted by Gasteiger charge is 2.31. The SMILES string of the molecule is NCc1cc2c(nc1N1CCOCC1C(N)=O)CCC2. The van der Waals surface area contributed by atoms with Crippen LogP contribution < -0.4 is 16.4 Å². The van der Waals surface area contributed by atoms with Crippen LogP contribution in [0.1, 0.15) is 23.2 Å². The number of aryl methyl sites for hydroxylation is 2. The second kappa shape index (κ2) is 5.38. The Bertz CT molecular complexity index is 532. The molecule has 0 aromatic carbocycles. The molecule has 108 valence electrons. The van der Waals surface area contributed by atoms with Gasteiger partial charge in [-0.25, -0.2) is 4.98 Å². The summed E-state index contributed by atoms with van der Waals surface area (Å²) in [6.45, 7) is 1.93. The fraction of sp³-hybridized carbons (Fsp3) is 0.571. The molecule has 0 saturated carbocycles. The third kappa shape index (κ3) is 2.25. The van der Waals surface area contributed by atoms with Crippen molar-refractivity contribution < 1.29 is 9.53 Å². The van der Waals surface area contributed by atoms with Crippen LogP contribution in [0.15, 0.2) is 6.07 Å². The molecule has 2 heterocycles. The summed E-state index contributed by atoms with van der Waals surface area (Å²) in [5.41, 5.74) is 14.7. The number of anilines is 1. The molecule has 1 aromatic rings. The maximum atomic E-state index is 11.6. The van der Waals surface area contributed by atoms with Gasteiger partial charge in [-0.2, -0.15) is 0 Å². The van der Waals surface area contributed by atoms with Crippen molar-refractivity contribution >= 4 is 11.7 Å². The Morgan fingerprint density at radius 2 is 2.35 bits per heavy atom. The molecule has 1 aliphatic heterocycles. The van der Waals surface area contributed by atoms with E-state index in [4.69, 9.17) is 21.2 Å². The van der Waals surface area contributed by atoms with E-state index in [0.29, 0.717) is 26.3 Å². The number of pyridine rings is 1. The molecule has 1 atom stereocenters. The van der Waals surface area contributed by atoms with E-state index in [-0.39, 0.29) is 5.91 Å². The van der Waals surface area contributed by atoms with E-state index < -0.39 is 6.04 Å². The van der Waals surface area contributed by atoms with E-state index in [1.165, 1.54) is 5.56 Å². The number of carbonyl (C=O) groups excluding carboxylic acids is 1. The fourth-order valence-electron chi connectivity index (χ4n) is 3.00. The monoisotopic (exact) mass is 276 g/mol. The van der Waals surface area contributed by atoms with Gasteiger partial charge in [0.1, 0.15) is 11.9 Å². The van der Waals surface area contributed by atoms with E-state index in [1.807, 2.05) is 4.90 Å². The number of carbonyl (C=O) groups is 1. The summed E-state index contributed by atoms with van der Waals surface area (Å²) in [5.74, 6) is 0.426. The summed E-state index contributed by atoms with van der Waals surface area (Å²) in [6, 6.07) is 1.68.